The van der Waals surface area contributed by atoms with Gasteiger partial charge in [-0.15, -0.1) is 0 Å². The van der Waals surface area contributed by atoms with Crippen molar-refractivity contribution in [3.8, 4) is 0 Å². The molecule has 1 saturated heterocycles. The molecule has 1 aliphatic rings. The topological polar surface area (TPSA) is 28.2 Å². The van der Waals surface area contributed by atoms with Crippen LogP contribution in [0.15, 0.2) is 24.4 Å². The fourth-order valence-electron chi connectivity index (χ4n) is 2.14. The van der Waals surface area contributed by atoms with Crippen molar-refractivity contribution in [1.82, 2.24) is 15.2 Å². The van der Waals surface area contributed by atoms with Gasteiger partial charge < -0.3 is 10.2 Å². The van der Waals surface area contributed by atoms with Crippen LogP contribution in [-0.2, 0) is 6.54 Å². The molecule has 1 aromatic heterocycles. The molecular formula is C12H19N3. The normalized spacial score (nSPS) is 21.1. The van der Waals surface area contributed by atoms with Gasteiger partial charge in [0.1, 0.15) is 0 Å². The molecule has 0 spiro atoms. The van der Waals surface area contributed by atoms with E-state index in [1.807, 2.05) is 18.3 Å². The van der Waals surface area contributed by atoms with Crippen molar-refractivity contribution >= 4 is 0 Å². The first kappa shape index (κ1) is 10.6. The van der Waals surface area contributed by atoms with Crippen molar-refractivity contribution in [2.45, 2.75) is 13.0 Å². The van der Waals surface area contributed by atoms with Crippen LogP contribution >= 0.6 is 0 Å². The lowest BCUT2D eigenvalue weighted by Crippen LogP contribution is -2.26. The molecular weight excluding hydrogens is 186 g/mol. The average molecular weight is 205 g/mol. The summed E-state index contributed by atoms with van der Waals surface area (Å²) in [7, 11) is 2.17. The number of nitrogens with one attached hydrogen (secondary N) is 1. The fourth-order valence-corrected chi connectivity index (χ4v) is 2.14. The second kappa shape index (κ2) is 5.24. The van der Waals surface area contributed by atoms with E-state index in [0.29, 0.717) is 0 Å². The SMILES string of the molecule is CN(Cc1ccccn1)C[C@H]1CCNC1. The first-order chi connectivity index (χ1) is 7.34. The van der Waals surface area contributed by atoms with Crippen LogP contribution in [0.4, 0.5) is 0 Å². The smallest absolute Gasteiger partial charge is 0.0543 e. The summed E-state index contributed by atoms with van der Waals surface area (Å²) >= 11 is 0. The Morgan fingerprint density at radius 3 is 3.13 bits per heavy atom. The van der Waals surface area contributed by atoms with Gasteiger partial charge in [-0.3, -0.25) is 4.98 Å². The number of hydrogen-bond donors (Lipinski definition) is 1. The van der Waals surface area contributed by atoms with Crippen molar-refractivity contribution in [2.24, 2.45) is 5.92 Å². The lowest BCUT2D eigenvalue weighted by molar-refractivity contribution is 0.275. The van der Waals surface area contributed by atoms with Crippen LogP contribution < -0.4 is 5.32 Å². The van der Waals surface area contributed by atoms with Gasteiger partial charge in [-0.2, -0.15) is 0 Å². The van der Waals surface area contributed by atoms with Gasteiger partial charge >= 0.3 is 0 Å². The molecule has 1 N–H and O–H groups in total. The Morgan fingerprint density at radius 2 is 2.47 bits per heavy atom. The van der Waals surface area contributed by atoms with Crippen molar-refractivity contribution in [1.29, 1.82) is 0 Å². The molecule has 0 aliphatic carbocycles. The zero-order chi connectivity index (χ0) is 10.5. The lowest BCUT2D eigenvalue weighted by Gasteiger charge is -2.19. The predicted octanol–water partition coefficient (Wildman–Crippen LogP) is 1.12. The summed E-state index contributed by atoms with van der Waals surface area (Å²) in [5, 5.41) is 3.40. The van der Waals surface area contributed by atoms with E-state index in [1.165, 1.54) is 26.1 Å². The van der Waals surface area contributed by atoms with Crippen molar-refractivity contribution in [3.05, 3.63) is 30.1 Å². The second-order valence-corrected chi connectivity index (χ2v) is 4.38. The Hall–Kier alpha value is -0.930. The molecule has 1 atom stereocenters. The number of pyridine rings is 1. The van der Waals surface area contributed by atoms with Crippen LogP contribution in [0.1, 0.15) is 12.1 Å². The molecule has 0 saturated carbocycles. The van der Waals surface area contributed by atoms with E-state index in [9.17, 15) is 0 Å². The van der Waals surface area contributed by atoms with Gasteiger partial charge in [0.25, 0.3) is 0 Å². The number of rotatable bonds is 4. The third kappa shape index (κ3) is 3.29. The summed E-state index contributed by atoms with van der Waals surface area (Å²) < 4.78 is 0. The van der Waals surface area contributed by atoms with E-state index in [2.05, 4.69) is 28.3 Å². The molecule has 82 valence electrons. The maximum absolute atomic E-state index is 4.34. The highest BCUT2D eigenvalue weighted by molar-refractivity contribution is 5.03. The Labute approximate surface area is 91.5 Å². The summed E-state index contributed by atoms with van der Waals surface area (Å²) in [5.74, 6) is 0.818. The molecule has 0 aromatic carbocycles. The minimum Gasteiger partial charge on any atom is -0.316 e. The van der Waals surface area contributed by atoms with E-state index >= 15 is 0 Å². The Morgan fingerprint density at radius 1 is 1.53 bits per heavy atom. The fraction of sp³-hybridized carbons (Fsp3) is 0.583. The number of nitrogens with zero attached hydrogens (tertiary/aromatic N) is 2. The molecule has 0 amide bonds. The molecule has 0 bridgehead atoms. The number of aromatic nitrogens is 1. The molecule has 1 fully saturated rings. The van der Waals surface area contributed by atoms with E-state index < -0.39 is 0 Å². The summed E-state index contributed by atoms with van der Waals surface area (Å²) in [5.41, 5.74) is 1.16. The highest BCUT2D eigenvalue weighted by Crippen LogP contribution is 2.10. The third-order valence-electron chi connectivity index (χ3n) is 2.89. The van der Waals surface area contributed by atoms with E-state index in [0.717, 1.165) is 18.2 Å². The van der Waals surface area contributed by atoms with E-state index in [1.54, 1.807) is 0 Å². The van der Waals surface area contributed by atoms with Crippen molar-refractivity contribution < 1.29 is 0 Å². The van der Waals surface area contributed by atoms with Crippen LogP contribution in [0.25, 0.3) is 0 Å². The summed E-state index contributed by atoms with van der Waals surface area (Å²) in [6, 6.07) is 6.10. The zero-order valence-corrected chi connectivity index (χ0v) is 9.32. The minimum absolute atomic E-state index is 0.818. The van der Waals surface area contributed by atoms with Crippen LogP contribution in [0.5, 0.6) is 0 Å². The van der Waals surface area contributed by atoms with Gasteiger partial charge in [-0.25, -0.2) is 0 Å². The molecule has 15 heavy (non-hydrogen) atoms. The van der Waals surface area contributed by atoms with Gasteiger partial charge in [0.15, 0.2) is 0 Å². The standard InChI is InChI=1S/C12H19N3/c1-15(9-11-5-7-13-8-11)10-12-4-2-3-6-14-12/h2-4,6,11,13H,5,7-10H2,1H3/t11-/m0/s1. The molecule has 3 nitrogen and oxygen atoms in total. The third-order valence-corrected chi connectivity index (χ3v) is 2.89. The van der Waals surface area contributed by atoms with E-state index in [4.69, 9.17) is 0 Å². The lowest BCUT2D eigenvalue weighted by atomic mass is 10.1. The Kier molecular flexibility index (Phi) is 3.69. The van der Waals surface area contributed by atoms with Gasteiger partial charge in [0, 0.05) is 19.3 Å². The van der Waals surface area contributed by atoms with Crippen molar-refractivity contribution in [2.75, 3.05) is 26.7 Å². The zero-order valence-electron chi connectivity index (χ0n) is 9.32. The van der Waals surface area contributed by atoms with E-state index in [-0.39, 0.29) is 0 Å². The summed E-state index contributed by atoms with van der Waals surface area (Å²) in [4.78, 5) is 6.70. The molecule has 1 aromatic rings. The molecule has 3 heteroatoms. The predicted molar refractivity (Wildman–Crippen MR) is 61.5 cm³/mol. The first-order valence-electron chi connectivity index (χ1n) is 5.64. The molecule has 2 rings (SSSR count). The Balaban J connectivity index is 1.79. The molecule has 1 aliphatic heterocycles. The number of hydrogen-bond acceptors (Lipinski definition) is 3. The molecule has 0 unspecified atom stereocenters. The summed E-state index contributed by atoms with van der Waals surface area (Å²) in [6.45, 7) is 4.48. The minimum atomic E-state index is 0.818. The van der Waals surface area contributed by atoms with Crippen LogP contribution in [0.2, 0.25) is 0 Å². The van der Waals surface area contributed by atoms with Gasteiger partial charge in [-0.05, 0) is 44.6 Å². The average Bonchev–Trinajstić information content (AvgIpc) is 2.71. The van der Waals surface area contributed by atoms with Gasteiger partial charge in [0.05, 0.1) is 5.69 Å². The van der Waals surface area contributed by atoms with Crippen LogP contribution in [0, 0.1) is 5.92 Å². The van der Waals surface area contributed by atoms with Crippen LogP contribution in [-0.4, -0.2) is 36.6 Å². The van der Waals surface area contributed by atoms with Gasteiger partial charge in [-0.1, -0.05) is 6.07 Å². The maximum atomic E-state index is 4.34. The van der Waals surface area contributed by atoms with Crippen LogP contribution in [0.3, 0.4) is 0 Å². The molecule has 2 heterocycles. The molecule has 0 radical (unpaired) electrons. The van der Waals surface area contributed by atoms with Gasteiger partial charge in [0.2, 0.25) is 0 Å². The summed E-state index contributed by atoms with van der Waals surface area (Å²) in [6.07, 6.45) is 3.17. The largest absolute Gasteiger partial charge is 0.316 e. The first-order valence-corrected chi connectivity index (χ1v) is 5.64. The quantitative estimate of drug-likeness (QED) is 0.798. The maximum Gasteiger partial charge on any atom is 0.0543 e. The highest BCUT2D eigenvalue weighted by Gasteiger charge is 2.16. The monoisotopic (exact) mass is 205 g/mol. The highest BCUT2D eigenvalue weighted by atomic mass is 15.1. The van der Waals surface area contributed by atoms with Crippen molar-refractivity contribution in [3.63, 3.8) is 0 Å². The second-order valence-electron chi connectivity index (χ2n) is 4.38. The Bertz CT molecular complexity index is 280.